The molecule has 0 radical (unpaired) electrons. The van der Waals surface area contributed by atoms with Gasteiger partial charge in [-0.3, -0.25) is 4.79 Å². The summed E-state index contributed by atoms with van der Waals surface area (Å²) in [4.78, 5) is 21.4. The van der Waals surface area contributed by atoms with Gasteiger partial charge in [-0.2, -0.15) is 0 Å². The lowest BCUT2D eigenvalue weighted by Crippen LogP contribution is -2.20. The second kappa shape index (κ2) is 7.27. The van der Waals surface area contributed by atoms with Gasteiger partial charge >= 0.3 is 0 Å². The van der Waals surface area contributed by atoms with Gasteiger partial charge in [0, 0.05) is 11.8 Å². The Bertz CT molecular complexity index is 435. The van der Waals surface area contributed by atoms with Crippen LogP contribution in [-0.4, -0.2) is 11.9 Å². The fraction of sp³-hybridized carbons (Fsp3) is 0.286. The fourth-order valence-corrected chi connectivity index (χ4v) is 1.46. The van der Waals surface area contributed by atoms with E-state index in [-0.39, 0.29) is 0 Å². The molecule has 1 aromatic carbocycles. The molecule has 0 fully saturated rings. The largest absolute Gasteiger partial charge is 0.545 e. The number of carbonyl (C=O) groups excluding carboxylic acids is 2. The van der Waals surface area contributed by atoms with Gasteiger partial charge in [0.2, 0.25) is 5.91 Å². The van der Waals surface area contributed by atoms with Crippen molar-refractivity contribution in [3.63, 3.8) is 0 Å². The van der Waals surface area contributed by atoms with Gasteiger partial charge in [-0.1, -0.05) is 25.5 Å². The second-order valence-electron chi connectivity index (χ2n) is 3.94. The summed E-state index contributed by atoms with van der Waals surface area (Å²) in [6, 6.07) is 7.51. The van der Waals surface area contributed by atoms with Crippen molar-refractivity contribution in [3.8, 4) is 0 Å². The number of hydrogen-bond acceptors (Lipinski definition) is 3. The van der Waals surface area contributed by atoms with E-state index in [9.17, 15) is 14.7 Å². The highest BCUT2D eigenvalue weighted by Gasteiger charge is 1.98. The zero-order valence-electron chi connectivity index (χ0n) is 10.3. The molecule has 0 atom stereocenters. The third-order valence-electron chi connectivity index (χ3n) is 2.41. The van der Waals surface area contributed by atoms with Crippen molar-refractivity contribution in [2.75, 3.05) is 5.32 Å². The van der Waals surface area contributed by atoms with Gasteiger partial charge in [-0.15, -0.1) is 0 Å². The number of nitrogens with one attached hydrogen (secondary N) is 1. The Labute approximate surface area is 106 Å². The molecule has 0 saturated carbocycles. The molecule has 0 aromatic heterocycles. The molecule has 0 bridgehead atoms. The quantitative estimate of drug-likeness (QED) is 0.768. The fourth-order valence-electron chi connectivity index (χ4n) is 1.46. The first-order valence-corrected chi connectivity index (χ1v) is 5.91. The Morgan fingerprint density at radius 2 is 1.89 bits per heavy atom. The third kappa shape index (κ3) is 5.30. The van der Waals surface area contributed by atoms with Crippen LogP contribution in [-0.2, 0) is 16.0 Å². The topological polar surface area (TPSA) is 69.2 Å². The molecule has 0 unspecified atom stereocenters. The third-order valence-corrected chi connectivity index (χ3v) is 2.41. The van der Waals surface area contributed by atoms with E-state index >= 15 is 0 Å². The lowest BCUT2D eigenvalue weighted by molar-refractivity contribution is -0.297. The van der Waals surface area contributed by atoms with E-state index in [1.807, 2.05) is 12.1 Å². The predicted molar refractivity (Wildman–Crippen MR) is 67.8 cm³/mol. The smallest absolute Gasteiger partial charge is 0.248 e. The molecule has 1 amide bonds. The lowest BCUT2D eigenvalue weighted by atomic mass is 10.1. The molecule has 0 aliphatic heterocycles. The van der Waals surface area contributed by atoms with Gasteiger partial charge < -0.3 is 15.2 Å². The van der Waals surface area contributed by atoms with Crippen LogP contribution < -0.4 is 10.4 Å². The van der Waals surface area contributed by atoms with Crippen molar-refractivity contribution < 1.29 is 14.7 Å². The van der Waals surface area contributed by atoms with Crippen LogP contribution in [0.3, 0.4) is 0 Å². The number of hydrogen-bond donors (Lipinski definition) is 1. The van der Waals surface area contributed by atoms with E-state index in [4.69, 9.17) is 0 Å². The van der Waals surface area contributed by atoms with E-state index in [0.717, 1.165) is 25.3 Å². The first-order chi connectivity index (χ1) is 8.61. The van der Waals surface area contributed by atoms with Gasteiger partial charge in [-0.25, -0.2) is 0 Å². The monoisotopic (exact) mass is 246 g/mol. The lowest BCUT2D eigenvalue weighted by Gasteiger charge is -2.04. The number of aliphatic carboxylic acids is 1. The molecule has 18 heavy (non-hydrogen) atoms. The molecule has 0 aliphatic rings. The molecule has 1 aromatic rings. The summed E-state index contributed by atoms with van der Waals surface area (Å²) in [5, 5.41) is 12.7. The molecular formula is C14H16NO3-. The number of rotatable bonds is 6. The van der Waals surface area contributed by atoms with Crippen molar-refractivity contribution in [3.05, 3.63) is 42.0 Å². The van der Waals surface area contributed by atoms with Crippen molar-refractivity contribution in [2.45, 2.75) is 26.2 Å². The first-order valence-electron chi connectivity index (χ1n) is 5.91. The maximum absolute atomic E-state index is 11.3. The van der Waals surface area contributed by atoms with E-state index in [1.165, 1.54) is 5.56 Å². The molecule has 0 spiro atoms. The highest BCUT2D eigenvalue weighted by molar-refractivity contribution is 6.02. The Kier molecular flexibility index (Phi) is 5.64. The molecule has 96 valence electrons. The Balaban J connectivity index is 2.53. The molecule has 4 nitrogen and oxygen atoms in total. The normalized spacial score (nSPS) is 10.5. The van der Waals surface area contributed by atoms with Crippen LogP contribution in [0, 0.1) is 0 Å². The maximum Gasteiger partial charge on any atom is 0.248 e. The highest BCUT2D eigenvalue weighted by Crippen LogP contribution is 2.11. The van der Waals surface area contributed by atoms with Gasteiger partial charge in [0.25, 0.3) is 0 Å². The Morgan fingerprint density at radius 1 is 1.22 bits per heavy atom. The molecule has 1 N–H and O–H groups in total. The molecule has 0 aliphatic carbocycles. The SMILES string of the molecule is CCCCc1ccc(NC(=O)/C=C/C(=O)[O-])cc1. The van der Waals surface area contributed by atoms with Crippen LogP contribution in [0.4, 0.5) is 5.69 Å². The predicted octanol–water partition coefficient (Wildman–Crippen LogP) is 1.27. The zero-order valence-corrected chi connectivity index (χ0v) is 10.3. The van der Waals surface area contributed by atoms with Crippen LogP contribution in [0.5, 0.6) is 0 Å². The minimum atomic E-state index is -1.39. The van der Waals surface area contributed by atoms with E-state index < -0.39 is 11.9 Å². The molecule has 0 saturated heterocycles. The van der Waals surface area contributed by atoms with Crippen molar-refractivity contribution in [1.29, 1.82) is 0 Å². The zero-order chi connectivity index (χ0) is 13.4. The van der Waals surface area contributed by atoms with E-state index in [1.54, 1.807) is 12.1 Å². The van der Waals surface area contributed by atoms with E-state index in [0.29, 0.717) is 11.8 Å². The van der Waals surface area contributed by atoms with Crippen molar-refractivity contribution in [2.24, 2.45) is 0 Å². The van der Waals surface area contributed by atoms with Gasteiger partial charge in [0.1, 0.15) is 0 Å². The number of carboxylic acid groups (broad SMARTS) is 1. The average molecular weight is 246 g/mol. The summed E-state index contributed by atoms with van der Waals surface area (Å²) in [5.41, 5.74) is 1.86. The number of carbonyl (C=O) groups is 2. The summed E-state index contributed by atoms with van der Waals surface area (Å²) in [5.74, 6) is -1.87. The van der Waals surface area contributed by atoms with Crippen LogP contribution >= 0.6 is 0 Å². The molecule has 4 heteroatoms. The first kappa shape index (κ1) is 14.0. The van der Waals surface area contributed by atoms with Gasteiger partial charge in [0.05, 0.1) is 5.97 Å². The molecular weight excluding hydrogens is 230 g/mol. The van der Waals surface area contributed by atoms with E-state index in [2.05, 4.69) is 12.2 Å². The highest BCUT2D eigenvalue weighted by atomic mass is 16.4. The average Bonchev–Trinajstić information content (AvgIpc) is 2.35. The van der Waals surface area contributed by atoms with Crippen LogP contribution in [0.2, 0.25) is 0 Å². The standard InChI is InChI=1S/C14H17NO3/c1-2-3-4-11-5-7-12(8-6-11)15-13(16)9-10-14(17)18/h5-10H,2-4H2,1H3,(H,15,16)(H,17,18)/p-1/b10-9+. The number of benzene rings is 1. The second-order valence-corrected chi connectivity index (χ2v) is 3.94. The Hall–Kier alpha value is -2.10. The van der Waals surface area contributed by atoms with Crippen LogP contribution in [0.1, 0.15) is 25.3 Å². The minimum absolute atomic E-state index is 0.486. The summed E-state index contributed by atoms with van der Waals surface area (Å²) in [7, 11) is 0. The van der Waals surface area contributed by atoms with Gasteiger partial charge in [0.15, 0.2) is 0 Å². The number of amides is 1. The summed E-state index contributed by atoms with van der Waals surface area (Å²) in [6.45, 7) is 2.14. The van der Waals surface area contributed by atoms with Crippen molar-refractivity contribution >= 4 is 17.6 Å². The number of unbranched alkanes of at least 4 members (excludes halogenated alkanes) is 1. The molecule has 0 heterocycles. The summed E-state index contributed by atoms with van der Waals surface area (Å²) in [6.07, 6.45) is 4.94. The Morgan fingerprint density at radius 3 is 2.44 bits per heavy atom. The molecule has 1 rings (SSSR count). The van der Waals surface area contributed by atoms with Gasteiger partial charge in [-0.05, 0) is 36.6 Å². The van der Waals surface area contributed by atoms with Crippen LogP contribution in [0.15, 0.2) is 36.4 Å². The maximum atomic E-state index is 11.3. The van der Waals surface area contributed by atoms with Crippen molar-refractivity contribution in [1.82, 2.24) is 0 Å². The number of carboxylic acids is 1. The van der Waals surface area contributed by atoms with Crippen LogP contribution in [0.25, 0.3) is 0 Å². The summed E-state index contributed by atoms with van der Waals surface area (Å²) >= 11 is 0. The number of aryl methyl sites for hydroxylation is 1. The number of anilines is 1. The minimum Gasteiger partial charge on any atom is -0.545 e. The summed E-state index contributed by atoms with van der Waals surface area (Å²) < 4.78 is 0.